The summed E-state index contributed by atoms with van der Waals surface area (Å²) in [6.45, 7) is 7.75. The van der Waals surface area contributed by atoms with Crippen molar-refractivity contribution < 1.29 is 9.53 Å². The molecular weight excluding hydrogens is 256 g/mol. The summed E-state index contributed by atoms with van der Waals surface area (Å²) in [6, 6.07) is 2.13. The number of nitrogens with one attached hydrogen (secondary N) is 2. The van der Waals surface area contributed by atoms with Crippen molar-refractivity contribution in [1.82, 2.24) is 20.4 Å². The van der Waals surface area contributed by atoms with Crippen molar-refractivity contribution in [3.63, 3.8) is 0 Å². The molecule has 20 heavy (non-hydrogen) atoms. The Morgan fingerprint density at radius 1 is 1.50 bits per heavy atom. The van der Waals surface area contributed by atoms with E-state index in [1.165, 1.54) is 0 Å². The second kappa shape index (κ2) is 8.71. The molecular formula is C14H26N4O2. The van der Waals surface area contributed by atoms with E-state index in [4.69, 9.17) is 4.74 Å². The van der Waals surface area contributed by atoms with Crippen LogP contribution in [0.5, 0.6) is 0 Å². The van der Waals surface area contributed by atoms with Crippen LogP contribution in [0.4, 0.5) is 0 Å². The first kappa shape index (κ1) is 16.7. The van der Waals surface area contributed by atoms with E-state index < -0.39 is 0 Å². The van der Waals surface area contributed by atoms with Crippen LogP contribution in [-0.4, -0.2) is 42.0 Å². The average Bonchev–Trinajstić information content (AvgIpc) is 2.92. The van der Waals surface area contributed by atoms with Crippen LogP contribution in [0.3, 0.4) is 0 Å². The zero-order valence-corrected chi connectivity index (χ0v) is 12.8. The SMILES string of the molecule is CCC(C)n1ccc(CNC(C)C(=O)NCCOC)n1. The summed E-state index contributed by atoms with van der Waals surface area (Å²) in [6.07, 6.45) is 3.03. The fourth-order valence-corrected chi connectivity index (χ4v) is 1.68. The van der Waals surface area contributed by atoms with E-state index in [1.54, 1.807) is 7.11 Å². The maximum Gasteiger partial charge on any atom is 0.236 e. The number of nitrogens with zero attached hydrogens (tertiary/aromatic N) is 2. The van der Waals surface area contributed by atoms with Crippen molar-refractivity contribution in [2.75, 3.05) is 20.3 Å². The third-order valence-electron chi connectivity index (χ3n) is 3.29. The van der Waals surface area contributed by atoms with Gasteiger partial charge in [-0.25, -0.2) is 0 Å². The summed E-state index contributed by atoms with van der Waals surface area (Å²) in [5.41, 5.74) is 0.946. The minimum Gasteiger partial charge on any atom is -0.383 e. The Kier molecular flexibility index (Phi) is 7.25. The molecule has 1 rings (SSSR count). The number of amides is 1. The lowest BCUT2D eigenvalue weighted by Gasteiger charge is -2.13. The summed E-state index contributed by atoms with van der Waals surface area (Å²) in [7, 11) is 1.61. The van der Waals surface area contributed by atoms with Crippen LogP contribution in [0.1, 0.15) is 38.9 Å². The van der Waals surface area contributed by atoms with Gasteiger partial charge < -0.3 is 15.4 Å². The quantitative estimate of drug-likeness (QED) is 0.665. The fraction of sp³-hybridized carbons (Fsp3) is 0.714. The zero-order chi connectivity index (χ0) is 15.0. The molecule has 6 nitrogen and oxygen atoms in total. The van der Waals surface area contributed by atoms with E-state index in [9.17, 15) is 4.79 Å². The third-order valence-corrected chi connectivity index (χ3v) is 3.29. The molecule has 0 aliphatic heterocycles. The highest BCUT2D eigenvalue weighted by atomic mass is 16.5. The number of carbonyl (C=O) groups excluding carboxylic acids is 1. The lowest BCUT2D eigenvalue weighted by atomic mass is 10.3. The van der Waals surface area contributed by atoms with Crippen molar-refractivity contribution in [3.05, 3.63) is 18.0 Å². The molecule has 2 unspecified atom stereocenters. The number of ether oxygens (including phenoxy) is 1. The first-order valence-electron chi connectivity index (χ1n) is 7.12. The molecule has 1 aromatic heterocycles. The van der Waals surface area contributed by atoms with E-state index in [-0.39, 0.29) is 11.9 Å². The van der Waals surface area contributed by atoms with E-state index >= 15 is 0 Å². The van der Waals surface area contributed by atoms with Gasteiger partial charge >= 0.3 is 0 Å². The van der Waals surface area contributed by atoms with Crippen molar-refractivity contribution in [1.29, 1.82) is 0 Å². The molecule has 2 N–H and O–H groups in total. The highest BCUT2D eigenvalue weighted by Gasteiger charge is 2.12. The predicted molar refractivity (Wildman–Crippen MR) is 78.4 cm³/mol. The van der Waals surface area contributed by atoms with Crippen LogP contribution in [0.25, 0.3) is 0 Å². The first-order valence-corrected chi connectivity index (χ1v) is 7.12. The number of rotatable bonds is 9. The third kappa shape index (κ3) is 5.30. The molecule has 0 aliphatic rings. The lowest BCUT2D eigenvalue weighted by Crippen LogP contribution is -2.42. The second-order valence-corrected chi connectivity index (χ2v) is 4.93. The molecule has 1 aromatic rings. The highest BCUT2D eigenvalue weighted by Crippen LogP contribution is 2.09. The molecule has 0 spiro atoms. The Morgan fingerprint density at radius 2 is 2.25 bits per heavy atom. The predicted octanol–water partition coefficient (Wildman–Crippen LogP) is 1.09. The van der Waals surface area contributed by atoms with E-state index in [1.807, 2.05) is 23.9 Å². The van der Waals surface area contributed by atoms with Gasteiger partial charge in [-0.3, -0.25) is 9.48 Å². The Balaban J connectivity index is 2.35. The van der Waals surface area contributed by atoms with Crippen LogP contribution < -0.4 is 10.6 Å². The molecule has 2 atom stereocenters. The molecule has 6 heteroatoms. The maximum absolute atomic E-state index is 11.7. The Hall–Kier alpha value is -1.40. The van der Waals surface area contributed by atoms with E-state index in [2.05, 4.69) is 29.6 Å². The summed E-state index contributed by atoms with van der Waals surface area (Å²) in [5.74, 6) is -0.0246. The molecule has 114 valence electrons. The standard InChI is InChI=1S/C14H26N4O2/c1-5-11(2)18-8-6-13(17-18)10-16-12(3)14(19)15-7-9-20-4/h6,8,11-12,16H,5,7,9-10H2,1-4H3,(H,15,19). The van der Waals surface area contributed by atoms with E-state index in [0.29, 0.717) is 25.7 Å². The van der Waals surface area contributed by atoms with Crippen molar-refractivity contribution in [3.8, 4) is 0 Å². The van der Waals surface area contributed by atoms with Crippen LogP contribution in [0.15, 0.2) is 12.3 Å². The molecule has 1 amide bonds. The normalized spacial score (nSPS) is 14.0. The smallest absolute Gasteiger partial charge is 0.236 e. The van der Waals surface area contributed by atoms with Crippen LogP contribution in [0, 0.1) is 0 Å². The minimum atomic E-state index is -0.249. The van der Waals surface area contributed by atoms with Crippen molar-refractivity contribution >= 4 is 5.91 Å². The Morgan fingerprint density at radius 3 is 2.90 bits per heavy atom. The first-order chi connectivity index (χ1) is 9.58. The van der Waals surface area contributed by atoms with Crippen LogP contribution in [0.2, 0.25) is 0 Å². The number of methoxy groups -OCH3 is 1. The second-order valence-electron chi connectivity index (χ2n) is 4.93. The van der Waals surface area contributed by atoms with Crippen molar-refractivity contribution in [2.45, 2.75) is 45.8 Å². The molecule has 0 bridgehead atoms. The minimum absolute atomic E-state index is 0.0246. The Labute approximate surface area is 120 Å². The Bertz CT molecular complexity index is 406. The largest absolute Gasteiger partial charge is 0.383 e. The summed E-state index contributed by atoms with van der Waals surface area (Å²) < 4.78 is 6.85. The van der Waals surface area contributed by atoms with Gasteiger partial charge in [0, 0.05) is 32.4 Å². The average molecular weight is 282 g/mol. The molecule has 1 heterocycles. The van der Waals surface area contributed by atoms with Gasteiger partial charge in [0.15, 0.2) is 0 Å². The van der Waals surface area contributed by atoms with Gasteiger partial charge in [0.2, 0.25) is 5.91 Å². The molecule has 0 aromatic carbocycles. The van der Waals surface area contributed by atoms with Gasteiger partial charge in [0.1, 0.15) is 0 Å². The maximum atomic E-state index is 11.7. The van der Waals surface area contributed by atoms with Gasteiger partial charge in [0.25, 0.3) is 0 Å². The summed E-state index contributed by atoms with van der Waals surface area (Å²) in [5, 5.41) is 10.5. The number of carbonyl (C=O) groups is 1. The van der Waals surface area contributed by atoms with E-state index in [0.717, 1.165) is 12.1 Å². The molecule has 0 radical (unpaired) electrons. The lowest BCUT2D eigenvalue weighted by molar-refractivity contribution is -0.123. The number of hydrogen-bond acceptors (Lipinski definition) is 4. The fourth-order valence-electron chi connectivity index (χ4n) is 1.68. The molecule has 0 saturated heterocycles. The van der Waals surface area contributed by atoms with Gasteiger partial charge in [-0.2, -0.15) is 5.10 Å². The summed E-state index contributed by atoms with van der Waals surface area (Å²) in [4.78, 5) is 11.7. The number of hydrogen-bond donors (Lipinski definition) is 2. The molecule has 0 aliphatic carbocycles. The van der Waals surface area contributed by atoms with Crippen molar-refractivity contribution in [2.24, 2.45) is 0 Å². The van der Waals surface area contributed by atoms with Crippen LogP contribution >= 0.6 is 0 Å². The number of aromatic nitrogens is 2. The zero-order valence-electron chi connectivity index (χ0n) is 12.8. The molecule has 0 fully saturated rings. The highest BCUT2D eigenvalue weighted by molar-refractivity contribution is 5.81. The summed E-state index contributed by atoms with van der Waals surface area (Å²) >= 11 is 0. The monoisotopic (exact) mass is 282 g/mol. The van der Waals surface area contributed by atoms with Gasteiger partial charge in [0.05, 0.1) is 18.3 Å². The van der Waals surface area contributed by atoms with Gasteiger partial charge in [-0.05, 0) is 26.3 Å². The topological polar surface area (TPSA) is 68.2 Å². The van der Waals surface area contributed by atoms with Gasteiger partial charge in [-0.15, -0.1) is 0 Å². The van der Waals surface area contributed by atoms with Gasteiger partial charge in [-0.1, -0.05) is 6.92 Å². The van der Waals surface area contributed by atoms with Crippen LogP contribution in [-0.2, 0) is 16.1 Å². The molecule has 0 saturated carbocycles.